The van der Waals surface area contributed by atoms with Gasteiger partial charge in [-0.2, -0.15) is 0 Å². The van der Waals surface area contributed by atoms with Crippen molar-refractivity contribution in [3.63, 3.8) is 0 Å². The van der Waals surface area contributed by atoms with E-state index < -0.39 is 0 Å². The highest BCUT2D eigenvalue weighted by atomic mass is 16.2. The van der Waals surface area contributed by atoms with Crippen LogP contribution in [0.15, 0.2) is 48.8 Å². The molecule has 0 aliphatic heterocycles. The van der Waals surface area contributed by atoms with E-state index in [1.54, 1.807) is 41.3 Å². The highest BCUT2D eigenvalue weighted by molar-refractivity contribution is 6.00. The molecule has 0 aliphatic rings. The summed E-state index contributed by atoms with van der Waals surface area (Å²) in [6, 6.07) is 10.5. The fourth-order valence-electron chi connectivity index (χ4n) is 1.27. The van der Waals surface area contributed by atoms with Gasteiger partial charge in [0.15, 0.2) is 0 Å². The summed E-state index contributed by atoms with van der Waals surface area (Å²) in [5.74, 6) is -0.182. The second-order valence-electron chi connectivity index (χ2n) is 3.16. The van der Waals surface area contributed by atoms with Crippen molar-refractivity contribution in [2.24, 2.45) is 0 Å². The van der Waals surface area contributed by atoms with Crippen LogP contribution in [-0.4, -0.2) is 10.6 Å². The molecule has 3 N–H and O–H groups in total. The summed E-state index contributed by atoms with van der Waals surface area (Å²) < 4.78 is 1.59. The van der Waals surface area contributed by atoms with Crippen molar-refractivity contribution in [1.82, 2.24) is 4.68 Å². The van der Waals surface area contributed by atoms with Crippen LogP contribution < -0.4 is 11.2 Å². The third-order valence-electron chi connectivity index (χ3n) is 1.98. The van der Waals surface area contributed by atoms with Gasteiger partial charge in [-0.05, 0) is 30.3 Å². The summed E-state index contributed by atoms with van der Waals surface area (Å²) in [4.78, 5) is 11.7. The van der Waals surface area contributed by atoms with Crippen molar-refractivity contribution in [1.29, 1.82) is 0 Å². The van der Waals surface area contributed by atoms with Crippen molar-refractivity contribution in [2.45, 2.75) is 0 Å². The molecular weight excluding hydrogens is 190 g/mol. The molecule has 0 spiro atoms. The van der Waals surface area contributed by atoms with Crippen molar-refractivity contribution in [3.8, 4) is 0 Å². The van der Waals surface area contributed by atoms with Gasteiger partial charge >= 0.3 is 0 Å². The van der Waals surface area contributed by atoms with E-state index in [1.807, 2.05) is 12.1 Å². The number of amides is 1. The molecule has 2 aromatic rings. The second-order valence-corrected chi connectivity index (χ2v) is 3.16. The summed E-state index contributed by atoms with van der Waals surface area (Å²) in [5, 5.41) is 0. The molecule has 4 nitrogen and oxygen atoms in total. The Morgan fingerprint density at radius 2 is 1.93 bits per heavy atom. The van der Waals surface area contributed by atoms with Gasteiger partial charge in [-0.1, -0.05) is 6.07 Å². The molecule has 15 heavy (non-hydrogen) atoms. The summed E-state index contributed by atoms with van der Waals surface area (Å²) in [7, 11) is 0. The summed E-state index contributed by atoms with van der Waals surface area (Å²) in [5.41, 5.74) is 9.39. The molecule has 0 aliphatic carbocycles. The monoisotopic (exact) mass is 201 g/mol. The minimum absolute atomic E-state index is 0.182. The van der Waals surface area contributed by atoms with Crippen LogP contribution in [0.1, 0.15) is 10.4 Å². The number of carbonyl (C=O) groups excluding carboxylic acids is 1. The number of hydrogen-bond acceptors (Lipinski definition) is 2. The number of hydrogen-bond donors (Lipinski definition) is 2. The lowest BCUT2D eigenvalue weighted by atomic mass is 10.2. The number of nitrogen functional groups attached to an aromatic ring is 1. The fourth-order valence-corrected chi connectivity index (χ4v) is 1.27. The molecule has 0 saturated carbocycles. The Labute approximate surface area is 87.3 Å². The molecular formula is C11H11N3O. The van der Waals surface area contributed by atoms with E-state index in [4.69, 9.17) is 5.73 Å². The van der Waals surface area contributed by atoms with Gasteiger partial charge in [-0.3, -0.25) is 14.9 Å². The Hall–Kier alpha value is -2.23. The van der Waals surface area contributed by atoms with Crippen LogP contribution in [0, 0.1) is 0 Å². The molecule has 76 valence electrons. The second kappa shape index (κ2) is 3.88. The van der Waals surface area contributed by atoms with Gasteiger partial charge in [0.05, 0.1) is 0 Å². The summed E-state index contributed by atoms with van der Waals surface area (Å²) in [6.45, 7) is 0. The van der Waals surface area contributed by atoms with Crippen LogP contribution in [0.4, 0.5) is 5.69 Å². The molecule has 0 unspecified atom stereocenters. The highest BCUT2D eigenvalue weighted by Crippen LogP contribution is 2.06. The Morgan fingerprint density at radius 1 is 1.20 bits per heavy atom. The maximum absolute atomic E-state index is 11.7. The van der Waals surface area contributed by atoms with E-state index in [2.05, 4.69) is 5.43 Å². The zero-order valence-electron chi connectivity index (χ0n) is 8.05. The largest absolute Gasteiger partial charge is 0.399 e. The van der Waals surface area contributed by atoms with E-state index in [1.165, 1.54) is 0 Å². The predicted molar refractivity (Wildman–Crippen MR) is 59.0 cm³/mol. The zero-order valence-corrected chi connectivity index (χ0v) is 8.05. The van der Waals surface area contributed by atoms with E-state index in [0.29, 0.717) is 11.3 Å². The van der Waals surface area contributed by atoms with E-state index >= 15 is 0 Å². The van der Waals surface area contributed by atoms with Crippen molar-refractivity contribution < 1.29 is 4.79 Å². The summed E-state index contributed by atoms with van der Waals surface area (Å²) in [6.07, 6.45) is 3.51. The van der Waals surface area contributed by atoms with Crippen LogP contribution in [0.5, 0.6) is 0 Å². The van der Waals surface area contributed by atoms with E-state index in [-0.39, 0.29) is 5.91 Å². The third kappa shape index (κ3) is 2.17. The first-order valence-electron chi connectivity index (χ1n) is 4.55. The smallest absolute Gasteiger partial charge is 0.270 e. The average Bonchev–Trinajstić information content (AvgIpc) is 2.70. The normalized spacial score (nSPS) is 9.87. The van der Waals surface area contributed by atoms with Crippen LogP contribution in [-0.2, 0) is 0 Å². The van der Waals surface area contributed by atoms with Crippen molar-refractivity contribution >= 4 is 11.6 Å². The quantitative estimate of drug-likeness (QED) is 0.722. The number of aromatic nitrogens is 1. The lowest BCUT2D eigenvalue weighted by molar-refractivity contribution is 0.101. The van der Waals surface area contributed by atoms with Crippen LogP contribution in [0.25, 0.3) is 0 Å². The maximum Gasteiger partial charge on any atom is 0.270 e. The van der Waals surface area contributed by atoms with Gasteiger partial charge in [0.2, 0.25) is 0 Å². The number of benzene rings is 1. The number of nitrogens with one attached hydrogen (secondary N) is 1. The standard InChI is InChI=1S/C11H11N3O/c12-10-5-3-4-9(8-10)11(15)13-14-6-1-2-7-14/h1-8H,12H2,(H,13,15). The first-order chi connectivity index (χ1) is 7.25. The molecule has 1 aromatic heterocycles. The van der Waals surface area contributed by atoms with Gasteiger partial charge in [-0.25, -0.2) is 0 Å². The number of nitrogens with zero attached hydrogens (tertiary/aromatic N) is 1. The third-order valence-corrected chi connectivity index (χ3v) is 1.98. The average molecular weight is 201 g/mol. The molecule has 1 heterocycles. The fraction of sp³-hybridized carbons (Fsp3) is 0. The van der Waals surface area contributed by atoms with Crippen LogP contribution >= 0.6 is 0 Å². The van der Waals surface area contributed by atoms with E-state index in [0.717, 1.165) is 0 Å². The maximum atomic E-state index is 11.7. The number of anilines is 1. The van der Waals surface area contributed by atoms with Crippen LogP contribution in [0.2, 0.25) is 0 Å². The molecule has 1 amide bonds. The lowest BCUT2D eigenvalue weighted by Crippen LogP contribution is -2.21. The van der Waals surface area contributed by atoms with Gasteiger partial charge in [0, 0.05) is 23.6 Å². The first kappa shape index (κ1) is 9.33. The number of rotatable bonds is 2. The summed E-state index contributed by atoms with van der Waals surface area (Å²) >= 11 is 0. The van der Waals surface area contributed by atoms with Crippen molar-refractivity contribution in [2.75, 3.05) is 11.2 Å². The number of nitrogens with two attached hydrogens (primary N) is 1. The molecule has 0 radical (unpaired) electrons. The molecule has 0 atom stereocenters. The Kier molecular flexibility index (Phi) is 2.41. The molecule has 0 saturated heterocycles. The number of carbonyl (C=O) groups is 1. The molecule has 0 fully saturated rings. The van der Waals surface area contributed by atoms with Gasteiger partial charge in [-0.15, -0.1) is 0 Å². The first-order valence-corrected chi connectivity index (χ1v) is 4.55. The molecule has 4 heteroatoms. The molecule has 2 rings (SSSR count). The van der Waals surface area contributed by atoms with E-state index in [9.17, 15) is 4.79 Å². The Balaban J connectivity index is 2.15. The van der Waals surface area contributed by atoms with Gasteiger partial charge < -0.3 is 5.73 Å². The zero-order chi connectivity index (χ0) is 10.7. The molecule has 0 bridgehead atoms. The Bertz CT molecular complexity index is 462. The molecule has 1 aromatic carbocycles. The Morgan fingerprint density at radius 3 is 2.60 bits per heavy atom. The SMILES string of the molecule is Nc1cccc(C(=O)Nn2cccc2)c1. The predicted octanol–water partition coefficient (Wildman–Crippen LogP) is 1.45. The van der Waals surface area contributed by atoms with Crippen molar-refractivity contribution in [3.05, 3.63) is 54.4 Å². The van der Waals surface area contributed by atoms with Crippen LogP contribution in [0.3, 0.4) is 0 Å². The highest BCUT2D eigenvalue weighted by Gasteiger charge is 2.04. The topological polar surface area (TPSA) is 60.1 Å². The minimum atomic E-state index is -0.182. The minimum Gasteiger partial charge on any atom is -0.399 e. The lowest BCUT2D eigenvalue weighted by Gasteiger charge is -2.06. The van der Waals surface area contributed by atoms with Gasteiger partial charge in [0.25, 0.3) is 5.91 Å². The van der Waals surface area contributed by atoms with Gasteiger partial charge in [0.1, 0.15) is 0 Å².